The molecule has 3 N–H and O–H groups in total. The Kier molecular flexibility index (Phi) is 1.51. The number of H-pyrrole nitrogens is 1. The van der Waals surface area contributed by atoms with Gasteiger partial charge in [0.1, 0.15) is 0 Å². The third-order valence-corrected chi connectivity index (χ3v) is 2.32. The lowest BCUT2D eigenvalue weighted by molar-refractivity contribution is 1.30. The molecule has 2 aromatic rings. The van der Waals surface area contributed by atoms with Crippen LogP contribution >= 0.6 is 11.6 Å². The van der Waals surface area contributed by atoms with Crippen molar-refractivity contribution in [3.63, 3.8) is 0 Å². The van der Waals surface area contributed by atoms with E-state index in [0.717, 1.165) is 22.3 Å². The molecule has 0 saturated heterocycles. The SMILES string of the molecule is Cc1[nH]c2cccc(Cl)c2c1N. The number of benzene rings is 1. The molecule has 3 heteroatoms. The van der Waals surface area contributed by atoms with Crippen LogP contribution in [0.1, 0.15) is 5.69 Å². The Morgan fingerprint density at radius 1 is 1.42 bits per heavy atom. The summed E-state index contributed by atoms with van der Waals surface area (Å²) in [5, 5.41) is 1.63. The van der Waals surface area contributed by atoms with Crippen LogP contribution in [0.3, 0.4) is 0 Å². The van der Waals surface area contributed by atoms with Gasteiger partial charge in [-0.1, -0.05) is 17.7 Å². The molecule has 0 fully saturated rings. The van der Waals surface area contributed by atoms with E-state index in [2.05, 4.69) is 4.98 Å². The van der Waals surface area contributed by atoms with Crippen molar-refractivity contribution >= 4 is 28.2 Å². The molecule has 0 aliphatic carbocycles. The molecule has 0 aliphatic heterocycles. The lowest BCUT2D eigenvalue weighted by atomic mass is 10.2. The molecule has 0 aliphatic rings. The molecule has 62 valence electrons. The van der Waals surface area contributed by atoms with Crippen LogP contribution in [0.25, 0.3) is 10.9 Å². The summed E-state index contributed by atoms with van der Waals surface area (Å²) < 4.78 is 0. The molecule has 0 spiro atoms. The zero-order valence-electron chi connectivity index (χ0n) is 6.69. The number of hydrogen-bond acceptors (Lipinski definition) is 1. The van der Waals surface area contributed by atoms with Gasteiger partial charge in [-0.3, -0.25) is 0 Å². The third kappa shape index (κ3) is 0.883. The molecule has 0 unspecified atom stereocenters. The Morgan fingerprint density at radius 2 is 2.17 bits per heavy atom. The van der Waals surface area contributed by atoms with Crippen LogP contribution in [0.15, 0.2) is 18.2 Å². The molecule has 0 bridgehead atoms. The topological polar surface area (TPSA) is 41.8 Å². The molecular formula is C9H9ClN2. The van der Waals surface area contributed by atoms with Gasteiger partial charge >= 0.3 is 0 Å². The number of aromatic amines is 1. The minimum Gasteiger partial charge on any atom is -0.397 e. The average Bonchev–Trinajstić information content (AvgIpc) is 2.29. The average molecular weight is 181 g/mol. The number of fused-ring (bicyclic) bond motifs is 1. The maximum absolute atomic E-state index is 5.98. The van der Waals surface area contributed by atoms with Crippen molar-refractivity contribution < 1.29 is 0 Å². The maximum atomic E-state index is 5.98. The van der Waals surface area contributed by atoms with Crippen LogP contribution < -0.4 is 5.73 Å². The first-order chi connectivity index (χ1) is 5.70. The number of aromatic nitrogens is 1. The lowest BCUT2D eigenvalue weighted by Gasteiger charge is -1.93. The summed E-state index contributed by atoms with van der Waals surface area (Å²) in [5.74, 6) is 0. The highest BCUT2D eigenvalue weighted by molar-refractivity contribution is 6.36. The predicted molar refractivity (Wildman–Crippen MR) is 52.5 cm³/mol. The van der Waals surface area contributed by atoms with Crippen molar-refractivity contribution in [1.29, 1.82) is 0 Å². The van der Waals surface area contributed by atoms with Crippen molar-refractivity contribution in [3.8, 4) is 0 Å². The Bertz CT molecular complexity index is 431. The summed E-state index contributed by atoms with van der Waals surface area (Å²) in [6, 6.07) is 5.71. The van der Waals surface area contributed by atoms with Gasteiger partial charge in [0.2, 0.25) is 0 Å². The van der Waals surface area contributed by atoms with Crippen molar-refractivity contribution in [2.24, 2.45) is 0 Å². The predicted octanol–water partition coefficient (Wildman–Crippen LogP) is 2.71. The molecule has 1 heterocycles. The number of nitrogens with one attached hydrogen (secondary N) is 1. The zero-order chi connectivity index (χ0) is 8.72. The Morgan fingerprint density at radius 3 is 2.83 bits per heavy atom. The fourth-order valence-corrected chi connectivity index (χ4v) is 1.64. The van der Waals surface area contributed by atoms with Crippen molar-refractivity contribution in [2.45, 2.75) is 6.92 Å². The number of nitrogens with two attached hydrogens (primary N) is 1. The molecule has 12 heavy (non-hydrogen) atoms. The molecule has 1 aromatic carbocycles. The fourth-order valence-electron chi connectivity index (χ4n) is 1.36. The number of aryl methyl sites for hydroxylation is 1. The van der Waals surface area contributed by atoms with Gasteiger partial charge in [0, 0.05) is 16.6 Å². The number of nitrogen functional groups attached to an aromatic ring is 1. The number of rotatable bonds is 0. The van der Waals surface area contributed by atoms with E-state index < -0.39 is 0 Å². The zero-order valence-corrected chi connectivity index (χ0v) is 7.44. The third-order valence-electron chi connectivity index (χ3n) is 2.01. The van der Waals surface area contributed by atoms with Gasteiger partial charge in [-0.15, -0.1) is 0 Å². The molecule has 0 saturated carbocycles. The van der Waals surface area contributed by atoms with E-state index in [4.69, 9.17) is 17.3 Å². The molecule has 2 rings (SSSR count). The van der Waals surface area contributed by atoms with Gasteiger partial charge in [-0.2, -0.15) is 0 Å². The quantitative estimate of drug-likeness (QED) is 0.643. The van der Waals surface area contributed by atoms with Crippen LogP contribution in [-0.4, -0.2) is 4.98 Å². The first kappa shape index (κ1) is 7.50. The van der Waals surface area contributed by atoms with E-state index in [1.54, 1.807) is 0 Å². The molecule has 0 atom stereocenters. The van der Waals surface area contributed by atoms with E-state index in [9.17, 15) is 0 Å². The second-order valence-corrected chi connectivity index (χ2v) is 3.23. The monoisotopic (exact) mass is 180 g/mol. The standard InChI is InChI=1S/C9H9ClN2/c1-5-9(11)8-6(10)3-2-4-7(8)12-5/h2-4,12H,11H2,1H3. The summed E-state index contributed by atoms with van der Waals surface area (Å²) in [5.41, 5.74) is 8.54. The van der Waals surface area contributed by atoms with Crippen molar-refractivity contribution in [1.82, 2.24) is 4.98 Å². The second kappa shape index (κ2) is 2.42. The second-order valence-electron chi connectivity index (χ2n) is 2.83. The van der Waals surface area contributed by atoms with Gasteiger partial charge < -0.3 is 10.7 Å². The number of anilines is 1. The first-order valence-electron chi connectivity index (χ1n) is 3.72. The van der Waals surface area contributed by atoms with Crippen LogP contribution in [0.4, 0.5) is 5.69 Å². The number of hydrogen-bond donors (Lipinski definition) is 2. The van der Waals surface area contributed by atoms with E-state index in [1.165, 1.54) is 0 Å². The molecular weight excluding hydrogens is 172 g/mol. The van der Waals surface area contributed by atoms with Crippen molar-refractivity contribution in [2.75, 3.05) is 5.73 Å². The van der Waals surface area contributed by atoms with Gasteiger partial charge in [-0.05, 0) is 19.1 Å². The first-order valence-corrected chi connectivity index (χ1v) is 4.10. The van der Waals surface area contributed by atoms with E-state index in [-0.39, 0.29) is 0 Å². The van der Waals surface area contributed by atoms with Gasteiger partial charge in [0.25, 0.3) is 0 Å². The summed E-state index contributed by atoms with van der Waals surface area (Å²) in [7, 11) is 0. The largest absolute Gasteiger partial charge is 0.397 e. The van der Waals surface area contributed by atoms with Gasteiger partial charge in [0.15, 0.2) is 0 Å². The van der Waals surface area contributed by atoms with Crippen LogP contribution in [0.5, 0.6) is 0 Å². The smallest absolute Gasteiger partial charge is 0.0617 e. The lowest BCUT2D eigenvalue weighted by Crippen LogP contribution is -1.84. The van der Waals surface area contributed by atoms with Gasteiger partial charge in [0.05, 0.1) is 10.7 Å². The van der Waals surface area contributed by atoms with Crippen LogP contribution in [0, 0.1) is 6.92 Å². The van der Waals surface area contributed by atoms with Gasteiger partial charge in [-0.25, -0.2) is 0 Å². The van der Waals surface area contributed by atoms with Crippen LogP contribution in [-0.2, 0) is 0 Å². The van der Waals surface area contributed by atoms with E-state index in [1.807, 2.05) is 25.1 Å². The minimum atomic E-state index is 0.703. The highest BCUT2D eigenvalue weighted by Crippen LogP contribution is 2.30. The normalized spacial score (nSPS) is 10.8. The highest BCUT2D eigenvalue weighted by Gasteiger charge is 2.06. The summed E-state index contributed by atoms with van der Waals surface area (Å²) >= 11 is 5.98. The van der Waals surface area contributed by atoms with E-state index in [0.29, 0.717) is 5.02 Å². The van der Waals surface area contributed by atoms with E-state index >= 15 is 0 Å². The fraction of sp³-hybridized carbons (Fsp3) is 0.111. The summed E-state index contributed by atoms with van der Waals surface area (Å²) in [4.78, 5) is 3.16. The Hall–Kier alpha value is -1.15. The highest BCUT2D eigenvalue weighted by atomic mass is 35.5. The maximum Gasteiger partial charge on any atom is 0.0617 e. The Labute approximate surface area is 75.3 Å². The minimum absolute atomic E-state index is 0.703. The molecule has 2 nitrogen and oxygen atoms in total. The van der Waals surface area contributed by atoms with Crippen LogP contribution in [0.2, 0.25) is 5.02 Å². The molecule has 0 radical (unpaired) electrons. The summed E-state index contributed by atoms with van der Waals surface area (Å²) in [6.07, 6.45) is 0. The molecule has 0 amide bonds. The summed E-state index contributed by atoms with van der Waals surface area (Å²) in [6.45, 7) is 1.94. The molecule has 1 aromatic heterocycles. The number of halogens is 1. The van der Waals surface area contributed by atoms with Crippen molar-refractivity contribution in [3.05, 3.63) is 28.9 Å². The Balaban J connectivity index is 2.97.